The third-order valence-corrected chi connectivity index (χ3v) is 4.29. The number of rotatable bonds is 7. The molecule has 1 amide bonds. The van der Waals surface area contributed by atoms with Gasteiger partial charge >= 0.3 is 0 Å². The molecule has 0 saturated carbocycles. The van der Waals surface area contributed by atoms with Crippen LogP contribution in [0, 0.1) is 0 Å². The van der Waals surface area contributed by atoms with Crippen molar-refractivity contribution in [2.75, 3.05) is 19.7 Å². The number of carbonyl (C=O) groups excluding carboxylic acids is 1. The van der Waals surface area contributed by atoms with E-state index in [1.54, 1.807) is 23.1 Å². The number of hydrogen-bond donors (Lipinski definition) is 2. The Hall–Kier alpha value is -2.04. The van der Waals surface area contributed by atoms with Gasteiger partial charge in [0.1, 0.15) is 5.75 Å². The van der Waals surface area contributed by atoms with Gasteiger partial charge in [-0.15, -0.1) is 0 Å². The fraction of sp³-hybridized carbons (Fsp3) is 0.316. The largest absolute Gasteiger partial charge is 0.508 e. The smallest absolute Gasteiger partial charge is 0.223 e. The third kappa shape index (κ3) is 4.49. The number of aliphatic hydroxyl groups excluding tert-OH is 1. The molecule has 0 saturated heterocycles. The summed E-state index contributed by atoms with van der Waals surface area (Å²) in [5, 5.41) is 19.9. The van der Waals surface area contributed by atoms with Crippen LogP contribution in [0.25, 0.3) is 0 Å². The summed E-state index contributed by atoms with van der Waals surface area (Å²) in [6.45, 7) is 2.64. The Labute approximate surface area is 147 Å². The minimum Gasteiger partial charge on any atom is -0.508 e. The summed E-state index contributed by atoms with van der Waals surface area (Å²) in [6, 6.07) is 14.4. The molecule has 1 atom stereocenters. The van der Waals surface area contributed by atoms with Crippen molar-refractivity contribution in [1.82, 2.24) is 4.90 Å². The van der Waals surface area contributed by atoms with Gasteiger partial charge in [0, 0.05) is 36.0 Å². The first-order valence-electron chi connectivity index (χ1n) is 7.98. The summed E-state index contributed by atoms with van der Waals surface area (Å²) in [5.74, 6) is -0.254. The first-order valence-corrected chi connectivity index (χ1v) is 8.36. The molecule has 0 bridgehead atoms. The molecule has 0 heterocycles. The molecule has 0 aliphatic rings. The summed E-state index contributed by atoms with van der Waals surface area (Å²) < 4.78 is 0. The highest BCUT2D eigenvalue weighted by Gasteiger charge is 2.23. The summed E-state index contributed by atoms with van der Waals surface area (Å²) in [5.41, 5.74) is 1.56. The first-order chi connectivity index (χ1) is 11.6. The van der Waals surface area contributed by atoms with E-state index in [1.165, 1.54) is 0 Å². The number of halogens is 1. The first kappa shape index (κ1) is 18.3. The van der Waals surface area contributed by atoms with Gasteiger partial charge in [0.2, 0.25) is 5.91 Å². The van der Waals surface area contributed by atoms with Crippen LogP contribution in [-0.2, 0) is 4.79 Å². The Morgan fingerprint density at radius 2 is 1.92 bits per heavy atom. The second-order valence-electron chi connectivity index (χ2n) is 5.57. The molecule has 0 radical (unpaired) electrons. The molecule has 5 heteroatoms. The molecule has 0 aliphatic heterocycles. The van der Waals surface area contributed by atoms with E-state index in [1.807, 2.05) is 37.3 Å². The second-order valence-corrected chi connectivity index (χ2v) is 6.00. The van der Waals surface area contributed by atoms with E-state index >= 15 is 0 Å². The Morgan fingerprint density at radius 3 is 2.54 bits per heavy atom. The van der Waals surface area contributed by atoms with Crippen LogP contribution in [0.4, 0.5) is 0 Å². The van der Waals surface area contributed by atoms with E-state index in [9.17, 15) is 9.90 Å². The molecule has 128 valence electrons. The normalized spacial score (nSPS) is 12.0. The van der Waals surface area contributed by atoms with E-state index in [-0.39, 0.29) is 30.6 Å². The van der Waals surface area contributed by atoms with Gasteiger partial charge in [-0.05, 0) is 30.7 Å². The Bertz CT molecular complexity index is 676. The zero-order chi connectivity index (χ0) is 17.5. The summed E-state index contributed by atoms with van der Waals surface area (Å²) in [6.07, 6.45) is 0.200. The highest BCUT2D eigenvalue weighted by molar-refractivity contribution is 6.30. The molecule has 0 fully saturated rings. The molecule has 0 spiro atoms. The zero-order valence-electron chi connectivity index (χ0n) is 13.7. The number of benzene rings is 2. The lowest BCUT2D eigenvalue weighted by molar-refractivity contribution is -0.131. The standard InChI is InChI=1S/C19H22ClNO3/c1-2-21(10-11-22)19(24)13-16(14-6-4-3-5-7-14)17-12-15(20)8-9-18(17)23/h3-9,12,16,22-23H,2,10-11,13H2,1H3/t16-/m1/s1. The summed E-state index contributed by atoms with van der Waals surface area (Å²) in [4.78, 5) is 14.2. The number of aliphatic hydroxyl groups is 1. The van der Waals surface area contributed by atoms with Crippen molar-refractivity contribution in [1.29, 1.82) is 0 Å². The maximum Gasteiger partial charge on any atom is 0.223 e. The van der Waals surface area contributed by atoms with Crippen LogP contribution in [0.15, 0.2) is 48.5 Å². The minimum atomic E-state index is -0.301. The Kier molecular flexibility index (Phi) is 6.64. The van der Waals surface area contributed by atoms with E-state index < -0.39 is 0 Å². The van der Waals surface area contributed by atoms with Crippen LogP contribution < -0.4 is 0 Å². The van der Waals surface area contributed by atoms with Crippen LogP contribution in [0.3, 0.4) is 0 Å². The molecule has 2 N–H and O–H groups in total. The van der Waals surface area contributed by atoms with Crippen molar-refractivity contribution in [2.24, 2.45) is 0 Å². The molecule has 2 aromatic carbocycles. The van der Waals surface area contributed by atoms with Crippen molar-refractivity contribution in [3.8, 4) is 5.75 Å². The average Bonchev–Trinajstić information content (AvgIpc) is 2.60. The lowest BCUT2D eigenvalue weighted by Gasteiger charge is -2.24. The van der Waals surface area contributed by atoms with Crippen molar-refractivity contribution >= 4 is 17.5 Å². The monoisotopic (exact) mass is 347 g/mol. The molecule has 24 heavy (non-hydrogen) atoms. The minimum absolute atomic E-state index is 0.0696. The molecule has 2 rings (SSSR count). The van der Waals surface area contributed by atoms with Gasteiger partial charge in [-0.3, -0.25) is 4.79 Å². The number of likely N-dealkylation sites (N-methyl/N-ethyl adjacent to an activating group) is 1. The molecule has 0 unspecified atom stereocenters. The lowest BCUT2D eigenvalue weighted by Crippen LogP contribution is -2.34. The van der Waals surface area contributed by atoms with Crippen LogP contribution >= 0.6 is 11.6 Å². The van der Waals surface area contributed by atoms with Crippen LogP contribution in [-0.4, -0.2) is 40.7 Å². The predicted molar refractivity (Wildman–Crippen MR) is 95.4 cm³/mol. The topological polar surface area (TPSA) is 60.8 Å². The van der Waals surface area contributed by atoms with Gasteiger partial charge < -0.3 is 15.1 Å². The molecule has 0 aliphatic carbocycles. The number of phenols is 1. The highest BCUT2D eigenvalue weighted by Crippen LogP contribution is 2.35. The van der Waals surface area contributed by atoms with Gasteiger partial charge in [0.25, 0.3) is 0 Å². The molecular weight excluding hydrogens is 326 g/mol. The third-order valence-electron chi connectivity index (χ3n) is 4.05. The lowest BCUT2D eigenvalue weighted by atomic mass is 9.87. The highest BCUT2D eigenvalue weighted by atomic mass is 35.5. The van der Waals surface area contributed by atoms with Crippen LogP contribution in [0.5, 0.6) is 5.75 Å². The van der Waals surface area contributed by atoms with Crippen molar-refractivity contribution in [3.63, 3.8) is 0 Å². The second kappa shape index (κ2) is 8.71. The average molecular weight is 348 g/mol. The quantitative estimate of drug-likeness (QED) is 0.806. The number of aromatic hydroxyl groups is 1. The number of amides is 1. The SMILES string of the molecule is CCN(CCO)C(=O)C[C@H](c1ccccc1)c1cc(Cl)ccc1O. The molecule has 4 nitrogen and oxygen atoms in total. The van der Waals surface area contributed by atoms with Gasteiger partial charge in [0.05, 0.1) is 6.61 Å². The summed E-state index contributed by atoms with van der Waals surface area (Å²) >= 11 is 6.08. The molecule has 2 aromatic rings. The fourth-order valence-electron chi connectivity index (χ4n) is 2.78. The van der Waals surface area contributed by atoms with E-state index in [0.29, 0.717) is 23.7 Å². The van der Waals surface area contributed by atoms with E-state index in [4.69, 9.17) is 16.7 Å². The predicted octanol–water partition coefficient (Wildman–Crippen LogP) is 3.41. The van der Waals surface area contributed by atoms with E-state index in [0.717, 1.165) is 5.56 Å². The Morgan fingerprint density at radius 1 is 1.21 bits per heavy atom. The van der Waals surface area contributed by atoms with Crippen LogP contribution in [0.2, 0.25) is 5.02 Å². The Balaban J connectivity index is 2.37. The molecule has 0 aromatic heterocycles. The fourth-order valence-corrected chi connectivity index (χ4v) is 2.96. The van der Waals surface area contributed by atoms with Gasteiger partial charge in [0.15, 0.2) is 0 Å². The van der Waals surface area contributed by atoms with Crippen molar-refractivity contribution in [2.45, 2.75) is 19.3 Å². The number of carbonyl (C=O) groups is 1. The number of phenolic OH excluding ortho intramolecular Hbond substituents is 1. The molecular formula is C19H22ClNO3. The van der Waals surface area contributed by atoms with Gasteiger partial charge in [-0.1, -0.05) is 41.9 Å². The van der Waals surface area contributed by atoms with Gasteiger partial charge in [-0.25, -0.2) is 0 Å². The zero-order valence-corrected chi connectivity index (χ0v) is 14.4. The maximum absolute atomic E-state index is 12.6. The summed E-state index contributed by atoms with van der Waals surface area (Å²) in [7, 11) is 0. The van der Waals surface area contributed by atoms with E-state index in [2.05, 4.69) is 0 Å². The maximum atomic E-state index is 12.6. The number of nitrogens with zero attached hydrogens (tertiary/aromatic N) is 1. The van der Waals surface area contributed by atoms with Crippen LogP contribution in [0.1, 0.15) is 30.4 Å². The van der Waals surface area contributed by atoms with Crippen molar-refractivity contribution < 1.29 is 15.0 Å². The van der Waals surface area contributed by atoms with Crippen molar-refractivity contribution in [3.05, 3.63) is 64.7 Å². The number of hydrogen-bond acceptors (Lipinski definition) is 3. The van der Waals surface area contributed by atoms with Gasteiger partial charge in [-0.2, -0.15) is 0 Å².